The summed E-state index contributed by atoms with van der Waals surface area (Å²) < 4.78 is 5.23. The number of methoxy groups -OCH3 is 1. The number of hydrogen-bond acceptors (Lipinski definition) is 3. The van der Waals surface area contributed by atoms with Crippen molar-refractivity contribution in [2.24, 2.45) is 0 Å². The van der Waals surface area contributed by atoms with E-state index in [0.717, 1.165) is 32.7 Å². The lowest BCUT2D eigenvalue weighted by Gasteiger charge is -2.46. The zero-order valence-electron chi connectivity index (χ0n) is 12.4. The zero-order valence-corrected chi connectivity index (χ0v) is 12.4. The summed E-state index contributed by atoms with van der Waals surface area (Å²) in [6, 6.07) is 11.3. The number of ether oxygens (including phenoxy) is 1. The van der Waals surface area contributed by atoms with Gasteiger partial charge in [0, 0.05) is 38.3 Å². The minimum absolute atomic E-state index is 0.214. The highest BCUT2D eigenvalue weighted by atomic mass is 16.5. The third-order valence-electron chi connectivity index (χ3n) is 4.01. The van der Waals surface area contributed by atoms with Crippen molar-refractivity contribution in [3.05, 3.63) is 35.9 Å². The lowest BCUT2D eigenvalue weighted by atomic mass is 9.94. The van der Waals surface area contributed by atoms with Crippen LogP contribution in [0, 0.1) is 0 Å². The molecule has 0 radical (unpaired) electrons. The van der Waals surface area contributed by atoms with Gasteiger partial charge in [-0.25, -0.2) is 0 Å². The molecule has 0 spiro atoms. The summed E-state index contributed by atoms with van der Waals surface area (Å²) >= 11 is 0. The molecule has 1 aromatic carbocycles. The summed E-state index contributed by atoms with van der Waals surface area (Å²) in [5.41, 5.74) is 1.62. The van der Waals surface area contributed by atoms with Crippen molar-refractivity contribution < 1.29 is 4.74 Å². The van der Waals surface area contributed by atoms with Gasteiger partial charge in [-0.3, -0.25) is 4.90 Å². The molecule has 2 rings (SSSR count). The summed E-state index contributed by atoms with van der Waals surface area (Å²) in [6.45, 7) is 8.54. The van der Waals surface area contributed by atoms with Crippen molar-refractivity contribution in [2.45, 2.75) is 31.8 Å². The SMILES string of the molecule is COCCN1CC(Cc2ccccc2)NCC1(C)C. The predicted molar refractivity (Wildman–Crippen MR) is 79.5 cm³/mol. The molecule has 1 fully saturated rings. The Morgan fingerprint density at radius 1 is 1.32 bits per heavy atom. The number of benzene rings is 1. The van der Waals surface area contributed by atoms with Gasteiger partial charge in [-0.05, 0) is 25.8 Å². The van der Waals surface area contributed by atoms with Crippen LogP contribution >= 0.6 is 0 Å². The fraction of sp³-hybridized carbons (Fsp3) is 0.625. The van der Waals surface area contributed by atoms with E-state index in [0.29, 0.717) is 6.04 Å². The minimum Gasteiger partial charge on any atom is -0.383 e. The Labute approximate surface area is 116 Å². The van der Waals surface area contributed by atoms with E-state index >= 15 is 0 Å². The van der Waals surface area contributed by atoms with Gasteiger partial charge in [0.15, 0.2) is 0 Å². The highest BCUT2D eigenvalue weighted by molar-refractivity contribution is 5.16. The van der Waals surface area contributed by atoms with E-state index in [1.165, 1.54) is 5.56 Å². The molecule has 19 heavy (non-hydrogen) atoms. The van der Waals surface area contributed by atoms with E-state index in [2.05, 4.69) is 54.4 Å². The monoisotopic (exact) mass is 262 g/mol. The summed E-state index contributed by atoms with van der Waals surface area (Å²) in [6.07, 6.45) is 1.10. The molecule has 1 N–H and O–H groups in total. The standard InChI is InChI=1S/C16H26N2O/c1-16(2)13-17-15(12-18(16)9-10-19-3)11-14-7-5-4-6-8-14/h4-8,15,17H,9-13H2,1-3H3. The molecule has 1 heterocycles. The number of nitrogens with one attached hydrogen (secondary N) is 1. The van der Waals surface area contributed by atoms with E-state index in [-0.39, 0.29) is 5.54 Å². The molecule has 3 nitrogen and oxygen atoms in total. The average Bonchev–Trinajstić information content (AvgIpc) is 2.40. The van der Waals surface area contributed by atoms with Crippen molar-refractivity contribution in [1.82, 2.24) is 10.2 Å². The second kappa shape index (κ2) is 6.51. The zero-order chi connectivity index (χ0) is 13.7. The Morgan fingerprint density at radius 3 is 2.74 bits per heavy atom. The molecule has 1 atom stereocenters. The lowest BCUT2D eigenvalue weighted by Crippen LogP contribution is -2.62. The van der Waals surface area contributed by atoms with Crippen LogP contribution in [0.1, 0.15) is 19.4 Å². The van der Waals surface area contributed by atoms with Gasteiger partial charge in [-0.2, -0.15) is 0 Å². The summed E-state index contributed by atoms with van der Waals surface area (Å²) in [5, 5.41) is 3.68. The summed E-state index contributed by atoms with van der Waals surface area (Å²) in [7, 11) is 1.77. The fourth-order valence-corrected chi connectivity index (χ4v) is 2.71. The predicted octanol–water partition coefficient (Wildman–Crippen LogP) is 1.93. The first-order chi connectivity index (χ1) is 9.12. The molecular formula is C16H26N2O. The highest BCUT2D eigenvalue weighted by Gasteiger charge is 2.33. The topological polar surface area (TPSA) is 24.5 Å². The number of hydrogen-bond donors (Lipinski definition) is 1. The van der Waals surface area contributed by atoms with E-state index in [9.17, 15) is 0 Å². The minimum atomic E-state index is 0.214. The Bertz CT molecular complexity index is 378. The molecule has 1 aliphatic rings. The second-order valence-electron chi connectivity index (χ2n) is 6.02. The van der Waals surface area contributed by atoms with Crippen LogP contribution in [0.2, 0.25) is 0 Å². The summed E-state index contributed by atoms with van der Waals surface area (Å²) in [4.78, 5) is 2.54. The maximum absolute atomic E-state index is 5.23. The molecule has 0 saturated carbocycles. The van der Waals surface area contributed by atoms with Gasteiger partial charge in [-0.15, -0.1) is 0 Å². The quantitative estimate of drug-likeness (QED) is 0.877. The second-order valence-corrected chi connectivity index (χ2v) is 6.02. The van der Waals surface area contributed by atoms with Crippen LogP contribution in [0.15, 0.2) is 30.3 Å². The smallest absolute Gasteiger partial charge is 0.0589 e. The molecule has 1 aromatic rings. The van der Waals surface area contributed by atoms with Gasteiger partial charge >= 0.3 is 0 Å². The Balaban J connectivity index is 1.94. The van der Waals surface area contributed by atoms with Gasteiger partial charge in [0.2, 0.25) is 0 Å². The molecule has 106 valence electrons. The van der Waals surface area contributed by atoms with Gasteiger partial charge in [0.05, 0.1) is 6.61 Å². The van der Waals surface area contributed by atoms with E-state index in [4.69, 9.17) is 4.74 Å². The van der Waals surface area contributed by atoms with E-state index in [1.54, 1.807) is 7.11 Å². The van der Waals surface area contributed by atoms with Crippen molar-refractivity contribution in [1.29, 1.82) is 0 Å². The maximum atomic E-state index is 5.23. The van der Waals surface area contributed by atoms with Crippen LogP contribution in [-0.2, 0) is 11.2 Å². The van der Waals surface area contributed by atoms with Crippen LogP contribution in [0.4, 0.5) is 0 Å². The molecule has 0 amide bonds. The normalized spacial score (nSPS) is 23.4. The largest absolute Gasteiger partial charge is 0.383 e. The number of piperazine rings is 1. The van der Waals surface area contributed by atoms with Crippen LogP contribution in [-0.4, -0.2) is 49.8 Å². The van der Waals surface area contributed by atoms with Gasteiger partial charge in [-0.1, -0.05) is 30.3 Å². The molecule has 0 aliphatic carbocycles. The third kappa shape index (κ3) is 4.03. The Kier molecular flexibility index (Phi) is 4.97. The molecule has 1 unspecified atom stereocenters. The van der Waals surface area contributed by atoms with Crippen molar-refractivity contribution in [2.75, 3.05) is 33.4 Å². The first kappa shape index (κ1) is 14.5. The molecule has 1 aliphatic heterocycles. The lowest BCUT2D eigenvalue weighted by molar-refractivity contribution is 0.0401. The first-order valence-corrected chi connectivity index (χ1v) is 7.13. The van der Waals surface area contributed by atoms with Crippen molar-refractivity contribution in [3.8, 4) is 0 Å². The average molecular weight is 262 g/mol. The van der Waals surface area contributed by atoms with Gasteiger partial charge < -0.3 is 10.1 Å². The Morgan fingerprint density at radius 2 is 2.05 bits per heavy atom. The van der Waals surface area contributed by atoms with Crippen molar-refractivity contribution >= 4 is 0 Å². The van der Waals surface area contributed by atoms with E-state index in [1.807, 2.05) is 0 Å². The van der Waals surface area contributed by atoms with Crippen LogP contribution in [0.5, 0.6) is 0 Å². The van der Waals surface area contributed by atoms with Crippen LogP contribution in [0.3, 0.4) is 0 Å². The molecule has 0 aromatic heterocycles. The van der Waals surface area contributed by atoms with Crippen LogP contribution < -0.4 is 5.32 Å². The molecule has 3 heteroatoms. The third-order valence-corrected chi connectivity index (χ3v) is 4.01. The maximum Gasteiger partial charge on any atom is 0.0589 e. The first-order valence-electron chi connectivity index (χ1n) is 7.13. The van der Waals surface area contributed by atoms with E-state index < -0.39 is 0 Å². The number of rotatable bonds is 5. The molecule has 1 saturated heterocycles. The van der Waals surface area contributed by atoms with Crippen molar-refractivity contribution in [3.63, 3.8) is 0 Å². The Hall–Kier alpha value is -0.900. The van der Waals surface area contributed by atoms with Gasteiger partial charge in [0.1, 0.15) is 0 Å². The molecular weight excluding hydrogens is 236 g/mol. The fourth-order valence-electron chi connectivity index (χ4n) is 2.71. The summed E-state index contributed by atoms with van der Waals surface area (Å²) in [5.74, 6) is 0. The van der Waals surface area contributed by atoms with Gasteiger partial charge in [0.25, 0.3) is 0 Å². The molecule has 0 bridgehead atoms. The van der Waals surface area contributed by atoms with Crippen LogP contribution in [0.25, 0.3) is 0 Å². The highest BCUT2D eigenvalue weighted by Crippen LogP contribution is 2.19. The number of nitrogens with zero attached hydrogens (tertiary/aromatic N) is 1.